The van der Waals surface area contributed by atoms with Crippen molar-refractivity contribution in [3.05, 3.63) is 0 Å². The minimum Gasteiger partial charge on any atom is -0.395 e. The van der Waals surface area contributed by atoms with E-state index in [1.54, 1.807) is 0 Å². The van der Waals surface area contributed by atoms with Crippen molar-refractivity contribution in [3.8, 4) is 0 Å². The van der Waals surface area contributed by atoms with Crippen molar-refractivity contribution in [1.29, 1.82) is 0 Å². The van der Waals surface area contributed by atoms with Crippen molar-refractivity contribution >= 4 is 5.91 Å². The third-order valence-corrected chi connectivity index (χ3v) is 3.73. The van der Waals surface area contributed by atoms with Crippen LogP contribution in [0.4, 0.5) is 0 Å². The lowest BCUT2D eigenvalue weighted by atomic mass is 10.00. The summed E-state index contributed by atoms with van der Waals surface area (Å²) in [4.78, 5) is 16.4. The zero-order valence-corrected chi connectivity index (χ0v) is 11.9. The van der Waals surface area contributed by atoms with Crippen LogP contribution in [-0.4, -0.2) is 59.6 Å². The van der Waals surface area contributed by atoms with Crippen LogP contribution in [0.5, 0.6) is 0 Å². The molecule has 4 heteroatoms. The maximum Gasteiger partial charge on any atom is 0.236 e. The van der Waals surface area contributed by atoms with Gasteiger partial charge in [0, 0.05) is 19.1 Å². The first-order valence-electron chi connectivity index (χ1n) is 7.35. The molecule has 1 N–H and O–H groups in total. The number of rotatable bonds is 7. The fraction of sp³-hybridized carbons (Fsp3) is 0.929. The average molecular weight is 256 g/mol. The maximum absolute atomic E-state index is 12.3. The number of piperidine rings is 1. The van der Waals surface area contributed by atoms with Crippen LogP contribution in [0, 0.1) is 0 Å². The summed E-state index contributed by atoms with van der Waals surface area (Å²) in [5, 5.41) is 9.02. The molecule has 106 valence electrons. The van der Waals surface area contributed by atoms with Crippen LogP contribution in [-0.2, 0) is 4.79 Å². The average Bonchev–Trinajstić information content (AvgIpc) is 2.39. The second-order valence-electron chi connectivity index (χ2n) is 5.14. The predicted octanol–water partition coefficient (Wildman–Crippen LogP) is 1.48. The minimum atomic E-state index is 0.129. The summed E-state index contributed by atoms with van der Waals surface area (Å²) in [7, 11) is 0. The minimum absolute atomic E-state index is 0.129. The van der Waals surface area contributed by atoms with Gasteiger partial charge in [0.15, 0.2) is 0 Å². The second kappa shape index (κ2) is 8.48. The van der Waals surface area contributed by atoms with Gasteiger partial charge in [-0.3, -0.25) is 9.69 Å². The molecule has 0 aromatic carbocycles. The normalized spacial score (nSPS) is 20.4. The third kappa shape index (κ3) is 4.58. The van der Waals surface area contributed by atoms with Gasteiger partial charge >= 0.3 is 0 Å². The molecule has 0 bridgehead atoms. The van der Waals surface area contributed by atoms with Gasteiger partial charge in [0.05, 0.1) is 13.2 Å². The van der Waals surface area contributed by atoms with E-state index in [9.17, 15) is 4.79 Å². The molecular formula is C14H28N2O2. The highest BCUT2D eigenvalue weighted by molar-refractivity contribution is 5.78. The Balaban J connectivity index is 2.50. The Morgan fingerprint density at radius 1 is 1.33 bits per heavy atom. The van der Waals surface area contributed by atoms with Crippen molar-refractivity contribution in [2.75, 3.05) is 32.8 Å². The summed E-state index contributed by atoms with van der Waals surface area (Å²) in [6.07, 6.45) is 5.60. The van der Waals surface area contributed by atoms with Crippen LogP contribution in [0.15, 0.2) is 0 Å². The number of aliphatic hydroxyl groups excluding tert-OH is 1. The van der Waals surface area contributed by atoms with E-state index >= 15 is 0 Å². The zero-order chi connectivity index (χ0) is 13.4. The van der Waals surface area contributed by atoms with Crippen molar-refractivity contribution in [1.82, 2.24) is 9.80 Å². The maximum atomic E-state index is 12.3. The van der Waals surface area contributed by atoms with Gasteiger partial charge in [-0.15, -0.1) is 0 Å². The highest BCUT2D eigenvalue weighted by Gasteiger charge is 2.26. The standard InChI is InChI=1S/C14H28N2O2/c1-3-8-15(10-11-17)12-14(18)16-9-6-5-7-13(16)4-2/h13,17H,3-12H2,1-2H3/t13-/m1/s1. The molecule has 1 saturated heterocycles. The Morgan fingerprint density at radius 3 is 2.72 bits per heavy atom. The summed E-state index contributed by atoms with van der Waals surface area (Å²) in [6.45, 7) is 7.26. The summed E-state index contributed by atoms with van der Waals surface area (Å²) >= 11 is 0. The smallest absolute Gasteiger partial charge is 0.236 e. The lowest BCUT2D eigenvalue weighted by Gasteiger charge is -2.36. The molecule has 1 aliphatic heterocycles. The van der Waals surface area contributed by atoms with Crippen molar-refractivity contribution in [2.24, 2.45) is 0 Å². The first-order valence-corrected chi connectivity index (χ1v) is 7.35. The second-order valence-corrected chi connectivity index (χ2v) is 5.14. The fourth-order valence-corrected chi connectivity index (χ4v) is 2.76. The number of carbonyl (C=O) groups excluding carboxylic acids is 1. The van der Waals surface area contributed by atoms with Gasteiger partial charge in [-0.05, 0) is 38.6 Å². The predicted molar refractivity (Wildman–Crippen MR) is 73.5 cm³/mol. The number of hydrogen-bond donors (Lipinski definition) is 1. The number of aliphatic hydroxyl groups is 1. The number of nitrogens with zero attached hydrogens (tertiary/aromatic N) is 2. The molecule has 1 amide bonds. The van der Waals surface area contributed by atoms with Gasteiger partial charge < -0.3 is 10.0 Å². The molecule has 0 radical (unpaired) electrons. The Hall–Kier alpha value is -0.610. The van der Waals surface area contributed by atoms with Crippen LogP contribution in [0.25, 0.3) is 0 Å². The van der Waals surface area contributed by atoms with E-state index in [2.05, 4.69) is 23.6 Å². The van der Waals surface area contributed by atoms with Gasteiger partial charge in [0.25, 0.3) is 0 Å². The SMILES string of the molecule is CCCN(CCO)CC(=O)N1CCCC[C@H]1CC. The van der Waals surface area contributed by atoms with Crippen LogP contribution in [0.2, 0.25) is 0 Å². The number of hydrogen-bond acceptors (Lipinski definition) is 3. The molecule has 0 spiro atoms. The monoisotopic (exact) mass is 256 g/mol. The topological polar surface area (TPSA) is 43.8 Å². The molecule has 1 heterocycles. The van der Waals surface area contributed by atoms with Gasteiger partial charge in [-0.1, -0.05) is 13.8 Å². The zero-order valence-electron chi connectivity index (χ0n) is 11.9. The largest absolute Gasteiger partial charge is 0.395 e. The van der Waals surface area contributed by atoms with E-state index in [1.165, 1.54) is 6.42 Å². The molecule has 4 nitrogen and oxygen atoms in total. The first-order chi connectivity index (χ1) is 8.72. The van der Waals surface area contributed by atoms with E-state index in [0.29, 0.717) is 19.1 Å². The van der Waals surface area contributed by atoms with Gasteiger partial charge in [0.2, 0.25) is 5.91 Å². The third-order valence-electron chi connectivity index (χ3n) is 3.73. The molecule has 18 heavy (non-hydrogen) atoms. The Labute approximate surface area is 111 Å². The van der Waals surface area contributed by atoms with Gasteiger partial charge in [-0.25, -0.2) is 0 Å². The number of likely N-dealkylation sites (tertiary alicyclic amines) is 1. The lowest BCUT2D eigenvalue weighted by Crippen LogP contribution is -2.48. The molecule has 0 aromatic rings. The molecule has 0 unspecified atom stereocenters. The van der Waals surface area contributed by atoms with Gasteiger partial charge in [-0.2, -0.15) is 0 Å². The highest BCUT2D eigenvalue weighted by atomic mass is 16.3. The van der Waals surface area contributed by atoms with E-state index in [4.69, 9.17) is 5.11 Å². The van der Waals surface area contributed by atoms with Crippen LogP contribution >= 0.6 is 0 Å². The van der Waals surface area contributed by atoms with Crippen molar-refractivity contribution in [3.63, 3.8) is 0 Å². The van der Waals surface area contributed by atoms with E-state index < -0.39 is 0 Å². The van der Waals surface area contributed by atoms with E-state index in [1.807, 2.05) is 0 Å². The molecule has 1 atom stereocenters. The summed E-state index contributed by atoms with van der Waals surface area (Å²) in [6, 6.07) is 0.434. The van der Waals surface area contributed by atoms with E-state index in [-0.39, 0.29) is 12.5 Å². The Bertz CT molecular complexity index is 240. The van der Waals surface area contributed by atoms with Gasteiger partial charge in [0.1, 0.15) is 0 Å². The lowest BCUT2D eigenvalue weighted by molar-refractivity contribution is -0.136. The van der Waals surface area contributed by atoms with Crippen LogP contribution in [0.3, 0.4) is 0 Å². The molecule has 0 saturated carbocycles. The van der Waals surface area contributed by atoms with Crippen molar-refractivity contribution in [2.45, 2.75) is 52.0 Å². The molecular weight excluding hydrogens is 228 g/mol. The number of carbonyl (C=O) groups is 1. The Morgan fingerprint density at radius 2 is 2.11 bits per heavy atom. The molecule has 1 aliphatic rings. The quantitative estimate of drug-likeness (QED) is 0.750. The highest BCUT2D eigenvalue weighted by Crippen LogP contribution is 2.19. The summed E-state index contributed by atoms with van der Waals surface area (Å²) in [5.41, 5.74) is 0. The Kier molecular flexibility index (Phi) is 7.28. The fourth-order valence-electron chi connectivity index (χ4n) is 2.76. The van der Waals surface area contributed by atoms with Crippen LogP contribution < -0.4 is 0 Å². The molecule has 0 aromatic heterocycles. The molecule has 1 fully saturated rings. The summed E-state index contributed by atoms with van der Waals surface area (Å²) < 4.78 is 0. The van der Waals surface area contributed by atoms with Crippen molar-refractivity contribution < 1.29 is 9.90 Å². The molecule has 1 rings (SSSR count). The first kappa shape index (κ1) is 15.4. The summed E-state index contributed by atoms with van der Waals surface area (Å²) in [5.74, 6) is 0.239. The molecule has 0 aliphatic carbocycles. The van der Waals surface area contributed by atoms with E-state index in [0.717, 1.165) is 38.8 Å². The van der Waals surface area contributed by atoms with Crippen LogP contribution in [0.1, 0.15) is 46.0 Å². The number of amides is 1.